The normalized spacial score (nSPS) is 31.5. The van der Waals surface area contributed by atoms with Crippen molar-refractivity contribution in [1.82, 2.24) is 0 Å². The second-order valence-electron chi connectivity index (χ2n) is 3.59. The van der Waals surface area contributed by atoms with Gasteiger partial charge in [0.15, 0.2) is 0 Å². The van der Waals surface area contributed by atoms with Gasteiger partial charge in [0.05, 0.1) is 39.6 Å². The number of hydrogen-bond acceptors (Lipinski definition) is 5. The van der Waals surface area contributed by atoms with Gasteiger partial charge in [0, 0.05) is 0 Å². The van der Waals surface area contributed by atoms with Gasteiger partial charge in [0.25, 0.3) is 0 Å². The van der Waals surface area contributed by atoms with Crippen LogP contribution in [0.25, 0.3) is 0 Å². The molecule has 5 nitrogen and oxygen atoms in total. The van der Waals surface area contributed by atoms with Crippen LogP contribution in [0, 0.1) is 0 Å². The molecular formula is C9H16O5. The molecule has 0 aromatic rings. The number of rotatable bonds is 8. The van der Waals surface area contributed by atoms with E-state index in [1.807, 2.05) is 0 Å². The van der Waals surface area contributed by atoms with E-state index in [9.17, 15) is 0 Å². The van der Waals surface area contributed by atoms with Crippen LogP contribution in [0.2, 0.25) is 0 Å². The zero-order valence-electron chi connectivity index (χ0n) is 8.05. The summed E-state index contributed by atoms with van der Waals surface area (Å²) in [4.78, 5) is 0. The van der Waals surface area contributed by atoms with E-state index in [0.717, 1.165) is 13.2 Å². The van der Waals surface area contributed by atoms with Gasteiger partial charge in [0.1, 0.15) is 18.3 Å². The first-order valence-electron chi connectivity index (χ1n) is 4.92. The van der Waals surface area contributed by atoms with E-state index < -0.39 is 0 Å². The Morgan fingerprint density at radius 2 is 1.86 bits per heavy atom. The second-order valence-corrected chi connectivity index (χ2v) is 3.59. The summed E-state index contributed by atoms with van der Waals surface area (Å²) in [6.07, 6.45) is 0.259. The number of aliphatic hydroxyl groups excluding tert-OH is 1. The fourth-order valence-electron chi connectivity index (χ4n) is 1.06. The van der Waals surface area contributed by atoms with Gasteiger partial charge in [-0.05, 0) is 0 Å². The third-order valence-electron chi connectivity index (χ3n) is 2.13. The van der Waals surface area contributed by atoms with E-state index in [-0.39, 0.29) is 24.9 Å². The zero-order chi connectivity index (χ0) is 9.80. The lowest BCUT2D eigenvalue weighted by molar-refractivity contribution is -0.0481. The van der Waals surface area contributed by atoms with Crippen LogP contribution < -0.4 is 0 Å². The largest absolute Gasteiger partial charge is 0.394 e. The summed E-state index contributed by atoms with van der Waals surface area (Å²) in [5, 5.41) is 8.96. The Labute approximate surface area is 82.9 Å². The molecule has 0 spiro atoms. The molecule has 2 aliphatic heterocycles. The third-order valence-corrected chi connectivity index (χ3v) is 2.13. The van der Waals surface area contributed by atoms with Gasteiger partial charge >= 0.3 is 0 Å². The van der Waals surface area contributed by atoms with Crippen LogP contribution in [0.5, 0.6) is 0 Å². The molecule has 0 radical (unpaired) electrons. The highest BCUT2D eigenvalue weighted by molar-refractivity contribution is 4.70. The highest BCUT2D eigenvalue weighted by atomic mass is 16.6. The summed E-state index contributed by atoms with van der Waals surface area (Å²) >= 11 is 0. The molecule has 3 atom stereocenters. The smallest absolute Gasteiger partial charge is 0.104 e. The third kappa shape index (κ3) is 3.89. The highest BCUT2D eigenvalue weighted by Gasteiger charge is 2.25. The van der Waals surface area contributed by atoms with Crippen molar-refractivity contribution in [1.29, 1.82) is 0 Å². The van der Waals surface area contributed by atoms with Gasteiger partial charge in [-0.1, -0.05) is 0 Å². The second kappa shape index (κ2) is 5.04. The average molecular weight is 204 g/mol. The van der Waals surface area contributed by atoms with E-state index in [2.05, 4.69) is 0 Å². The minimum absolute atomic E-state index is 0.0156. The predicted molar refractivity (Wildman–Crippen MR) is 47.1 cm³/mol. The molecule has 1 N–H and O–H groups in total. The first kappa shape index (κ1) is 10.3. The molecule has 0 unspecified atom stereocenters. The van der Waals surface area contributed by atoms with Crippen molar-refractivity contribution in [2.45, 2.75) is 18.3 Å². The average Bonchev–Trinajstić information content (AvgIpc) is 3.01. The Morgan fingerprint density at radius 3 is 2.43 bits per heavy atom. The number of epoxide rings is 2. The molecule has 0 aliphatic carbocycles. The van der Waals surface area contributed by atoms with E-state index in [1.165, 1.54) is 0 Å². The van der Waals surface area contributed by atoms with Gasteiger partial charge in [-0.25, -0.2) is 0 Å². The Balaban J connectivity index is 1.49. The number of aliphatic hydroxyl groups is 1. The van der Waals surface area contributed by atoms with Gasteiger partial charge in [-0.15, -0.1) is 0 Å². The molecule has 5 heteroatoms. The molecule has 0 aromatic heterocycles. The highest BCUT2D eigenvalue weighted by Crippen LogP contribution is 2.11. The Morgan fingerprint density at radius 1 is 1.21 bits per heavy atom. The Kier molecular flexibility index (Phi) is 3.72. The number of ether oxygens (including phenoxy) is 4. The van der Waals surface area contributed by atoms with Crippen LogP contribution >= 0.6 is 0 Å². The van der Waals surface area contributed by atoms with Gasteiger partial charge < -0.3 is 24.1 Å². The molecule has 82 valence electrons. The maximum atomic E-state index is 8.96. The molecule has 0 saturated carbocycles. The maximum absolute atomic E-state index is 8.96. The molecule has 14 heavy (non-hydrogen) atoms. The molecule has 0 aromatic carbocycles. The van der Waals surface area contributed by atoms with Crippen LogP contribution in [0.15, 0.2) is 0 Å². The van der Waals surface area contributed by atoms with E-state index >= 15 is 0 Å². The fraction of sp³-hybridized carbons (Fsp3) is 1.00. The zero-order valence-corrected chi connectivity index (χ0v) is 8.05. The molecule has 2 saturated heterocycles. The van der Waals surface area contributed by atoms with Crippen molar-refractivity contribution in [3.05, 3.63) is 0 Å². The van der Waals surface area contributed by atoms with Gasteiger partial charge in [-0.3, -0.25) is 0 Å². The molecule has 2 aliphatic rings. The van der Waals surface area contributed by atoms with Crippen LogP contribution in [0.1, 0.15) is 0 Å². The first-order chi connectivity index (χ1) is 6.88. The Bertz CT molecular complexity index is 167. The van der Waals surface area contributed by atoms with Crippen molar-refractivity contribution in [2.24, 2.45) is 0 Å². The molecular weight excluding hydrogens is 188 g/mol. The minimum Gasteiger partial charge on any atom is -0.394 e. The van der Waals surface area contributed by atoms with Gasteiger partial charge in [0.2, 0.25) is 0 Å². The van der Waals surface area contributed by atoms with Crippen molar-refractivity contribution in [3.8, 4) is 0 Å². The lowest BCUT2D eigenvalue weighted by Crippen LogP contribution is -2.26. The van der Waals surface area contributed by atoms with E-state index in [1.54, 1.807) is 0 Å². The topological polar surface area (TPSA) is 63.8 Å². The maximum Gasteiger partial charge on any atom is 0.104 e. The Hall–Kier alpha value is -0.200. The summed E-state index contributed by atoms with van der Waals surface area (Å²) in [7, 11) is 0. The lowest BCUT2D eigenvalue weighted by atomic mass is 10.4. The lowest BCUT2D eigenvalue weighted by Gasteiger charge is -2.14. The van der Waals surface area contributed by atoms with Crippen LogP contribution in [0.3, 0.4) is 0 Å². The van der Waals surface area contributed by atoms with Crippen molar-refractivity contribution in [2.75, 3.05) is 39.6 Å². The van der Waals surface area contributed by atoms with E-state index in [4.69, 9.17) is 24.1 Å². The first-order valence-corrected chi connectivity index (χ1v) is 4.92. The summed E-state index contributed by atoms with van der Waals surface area (Å²) in [5.41, 5.74) is 0. The quantitative estimate of drug-likeness (QED) is 0.523. The monoisotopic (exact) mass is 204 g/mol. The predicted octanol–water partition coefficient (Wildman–Crippen LogP) is -0.822. The minimum atomic E-state index is -0.238. The van der Waals surface area contributed by atoms with E-state index in [0.29, 0.717) is 19.8 Å². The molecule has 0 bridgehead atoms. The molecule has 2 rings (SSSR count). The summed E-state index contributed by atoms with van der Waals surface area (Å²) < 4.78 is 20.7. The van der Waals surface area contributed by atoms with Crippen LogP contribution in [-0.4, -0.2) is 63.1 Å². The summed E-state index contributed by atoms with van der Waals surface area (Å²) in [5.74, 6) is 0. The SMILES string of the molecule is OC[C@H](COC[C@@H]1CO1)OC[C@@H]1CO1. The summed E-state index contributed by atoms with van der Waals surface area (Å²) in [6.45, 7) is 3.12. The van der Waals surface area contributed by atoms with Crippen molar-refractivity contribution >= 4 is 0 Å². The van der Waals surface area contributed by atoms with Crippen LogP contribution in [0.4, 0.5) is 0 Å². The number of hydrogen-bond donors (Lipinski definition) is 1. The molecule has 2 fully saturated rings. The molecule has 0 amide bonds. The summed E-state index contributed by atoms with van der Waals surface area (Å²) in [6, 6.07) is 0. The van der Waals surface area contributed by atoms with Crippen molar-refractivity contribution in [3.63, 3.8) is 0 Å². The van der Waals surface area contributed by atoms with Gasteiger partial charge in [-0.2, -0.15) is 0 Å². The standard InChI is InChI=1S/C9H16O5/c10-1-7(12-5-9-6-14-9)2-11-3-8-4-13-8/h7-10H,1-6H2/t7-,8-,9-/m1/s1. The van der Waals surface area contributed by atoms with Crippen LogP contribution in [-0.2, 0) is 18.9 Å². The fourth-order valence-corrected chi connectivity index (χ4v) is 1.06. The van der Waals surface area contributed by atoms with Crippen molar-refractivity contribution < 1.29 is 24.1 Å². The molecule has 2 heterocycles.